The molecule has 0 spiro atoms. The standard InChI is InChI=1S/C14H22O2.C14H22O.C14H20O.C12H16O3.C10H12O3.C10H12O2.C9H12O/c1-5-14(16,6-2)12-9-7-8-11(10(3)4)13(12)15;2*1-5-11(6-2)13-9-7-8-12(10(3)4)14(13)15;1-4-15-12(14)10-7-5-6-9(8(2)3)11(10)13;1-6(2)7-4-3-5-8(9(7)11)10(12)13;1-7(2)9-5-3-4-8(6-11)10(9)12;1-7(2)8-5-3-4-6-9(8)10/h7-10,15-16H,5-6H2,1-4H3;7-11,15H,5-6H2,1-4H3;5,7-10,15H,6H2,1-4H3;5-8,13H,4H2,1-3H3;3-6,11H,1-2H3,(H,12,13);3-7,12H,1-2H3;3-7,10H,1-2H3/b;;11-5+;;;;. The Morgan fingerprint density at radius 2 is 0.760 bits per heavy atom. The number of aldehydes is 1. The summed E-state index contributed by atoms with van der Waals surface area (Å²) in [6.45, 7) is 42.7. The monoisotopic (exact) mass is 1320 g/mol. The highest BCUT2D eigenvalue weighted by molar-refractivity contribution is 5.93. The van der Waals surface area contributed by atoms with Crippen molar-refractivity contribution in [1.82, 2.24) is 0 Å². The van der Waals surface area contributed by atoms with Gasteiger partial charge in [-0.05, 0) is 168 Å². The maximum absolute atomic E-state index is 11.5. The lowest BCUT2D eigenvalue weighted by Gasteiger charge is -2.27. The second-order valence-corrected chi connectivity index (χ2v) is 25.7. The van der Waals surface area contributed by atoms with E-state index in [0.717, 1.165) is 63.8 Å². The van der Waals surface area contributed by atoms with Gasteiger partial charge in [-0.25, -0.2) is 9.59 Å². The Balaban J connectivity index is 0.000000562. The van der Waals surface area contributed by atoms with Crippen LogP contribution in [0, 0.1) is 0 Å². The van der Waals surface area contributed by atoms with Crippen molar-refractivity contribution in [2.75, 3.05) is 6.61 Å². The molecule has 0 aliphatic carbocycles. The van der Waals surface area contributed by atoms with E-state index in [0.29, 0.717) is 83.3 Å². The highest BCUT2D eigenvalue weighted by Crippen LogP contribution is 2.40. The normalized spacial score (nSPS) is 11.1. The molecule has 0 fully saturated rings. The van der Waals surface area contributed by atoms with Crippen molar-refractivity contribution in [3.63, 3.8) is 0 Å². The van der Waals surface area contributed by atoms with E-state index in [4.69, 9.17) is 9.84 Å². The maximum atomic E-state index is 11.5. The second kappa shape index (κ2) is 42.8. The predicted octanol–water partition coefficient (Wildman–Crippen LogP) is 22.0. The van der Waals surface area contributed by atoms with Gasteiger partial charge in [0.2, 0.25) is 0 Å². The molecule has 0 heterocycles. The Morgan fingerprint density at radius 3 is 1.14 bits per heavy atom. The quantitative estimate of drug-likeness (QED) is 0.0271. The SMILES string of the molecule is C/C=C(\CC)c1cccc(C(C)C)c1O.CC(C)c1cccc(C(=O)O)c1O.CC(C)c1cccc(C=O)c1O.CC(C)c1ccccc1O.CCC(CC)c1cccc(C(C)C)c1O.CCC(O)(CC)c1cccc(C(C)C)c1O.CCOC(=O)c1cccc(C(C)C)c1O. The summed E-state index contributed by atoms with van der Waals surface area (Å²) in [5, 5.41) is 87.9. The molecule has 0 unspecified atom stereocenters. The van der Waals surface area contributed by atoms with Gasteiger partial charge >= 0.3 is 11.9 Å². The third-order valence-electron chi connectivity index (χ3n) is 16.8. The molecule has 0 bridgehead atoms. The van der Waals surface area contributed by atoms with Gasteiger partial charge in [-0.15, -0.1) is 0 Å². The molecule has 7 aromatic rings. The topological polar surface area (TPSA) is 243 Å². The highest BCUT2D eigenvalue weighted by atomic mass is 16.5. The van der Waals surface area contributed by atoms with Crippen LogP contribution in [0.25, 0.3) is 5.57 Å². The first-order valence-corrected chi connectivity index (χ1v) is 34.1. The number of benzene rings is 7. The summed E-state index contributed by atoms with van der Waals surface area (Å²) in [5.41, 5.74) is 9.88. The van der Waals surface area contributed by atoms with Gasteiger partial charge < -0.3 is 50.7 Å². The number of carboxylic acids is 1. The molecular formula is C83H116O13. The summed E-state index contributed by atoms with van der Waals surface area (Å²) >= 11 is 0. The number of carboxylic acid groups (broad SMARTS) is 1. The van der Waals surface area contributed by atoms with Crippen LogP contribution in [0.2, 0.25) is 0 Å². The number of carbonyl (C=O) groups is 3. The average molecular weight is 1320 g/mol. The van der Waals surface area contributed by atoms with Gasteiger partial charge in [0.25, 0.3) is 0 Å². The highest BCUT2D eigenvalue weighted by Gasteiger charge is 2.29. The van der Waals surface area contributed by atoms with Crippen LogP contribution in [0.3, 0.4) is 0 Å². The van der Waals surface area contributed by atoms with E-state index in [1.807, 2.05) is 149 Å². The predicted molar refractivity (Wildman–Crippen MR) is 395 cm³/mol. The van der Waals surface area contributed by atoms with Crippen LogP contribution in [0.15, 0.2) is 140 Å². The van der Waals surface area contributed by atoms with E-state index in [-0.39, 0.29) is 57.8 Å². The zero-order chi connectivity index (χ0) is 73.3. The Morgan fingerprint density at radius 1 is 0.417 bits per heavy atom. The van der Waals surface area contributed by atoms with Crippen molar-refractivity contribution < 1.29 is 65.1 Å². The molecule has 0 amide bonds. The lowest BCUT2D eigenvalue weighted by molar-refractivity contribution is 0.0259. The summed E-state index contributed by atoms with van der Waals surface area (Å²) in [6, 6.07) is 40.3. The van der Waals surface area contributed by atoms with Gasteiger partial charge in [0.15, 0.2) is 6.29 Å². The van der Waals surface area contributed by atoms with Gasteiger partial charge in [0.05, 0.1) is 17.8 Å². The summed E-state index contributed by atoms with van der Waals surface area (Å²) in [5.74, 6) is 2.52. The summed E-state index contributed by atoms with van der Waals surface area (Å²) in [7, 11) is 0. The average Bonchev–Trinajstić information content (AvgIpc) is 2.10. The van der Waals surface area contributed by atoms with Crippen molar-refractivity contribution in [2.24, 2.45) is 0 Å². The molecule has 9 N–H and O–H groups in total. The fraction of sp³-hybridized carbons (Fsp3) is 0.434. The van der Waals surface area contributed by atoms with Crippen molar-refractivity contribution in [3.05, 3.63) is 212 Å². The Kier molecular flexibility index (Phi) is 38.1. The van der Waals surface area contributed by atoms with E-state index in [9.17, 15) is 55.2 Å². The second-order valence-electron chi connectivity index (χ2n) is 25.7. The molecule has 526 valence electrons. The van der Waals surface area contributed by atoms with Crippen LogP contribution in [-0.4, -0.2) is 70.8 Å². The Bertz CT molecular complexity index is 3510. The number of allylic oxidation sites excluding steroid dienone is 2. The number of phenolic OH excluding ortho intramolecular Hbond substituents is 6. The van der Waals surface area contributed by atoms with Crippen molar-refractivity contribution >= 4 is 23.8 Å². The Hall–Kier alpha value is -8.55. The molecule has 96 heavy (non-hydrogen) atoms. The first kappa shape index (κ1) is 85.5. The van der Waals surface area contributed by atoms with E-state index >= 15 is 0 Å². The fourth-order valence-corrected chi connectivity index (χ4v) is 10.7. The zero-order valence-electron chi connectivity index (χ0n) is 61.4. The number of aromatic carboxylic acids is 1. The zero-order valence-corrected chi connectivity index (χ0v) is 61.4. The molecule has 0 saturated heterocycles. The minimum Gasteiger partial charge on any atom is -0.508 e. The van der Waals surface area contributed by atoms with Gasteiger partial charge in [0.1, 0.15) is 51.4 Å². The summed E-state index contributed by atoms with van der Waals surface area (Å²) in [6.07, 6.45) is 7.08. The van der Waals surface area contributed by atoms with Gasteiger partial charge in [-0.1, -0.05) is 247 Å². The number of para-hydroxylation sites is 7. The molecule has 0 aliphatic rings. The molecule has 0 atom stereocenters. The van der Waals surface area contributed by atoms with Gasteiger partial charge in [0, 0.05) is 11.1 Å². The number of phenols is 7. The van der Waals surface area contributed by atoms with Gasteiger partial charge in [-0.3, -0.25) is 4.79 Å². The molecule has 0 aromatic heterocycles. The van der Waals surface area contributed by atoms with E-state index < -0.39 is 17.5 Å². The number of ether oxygens (including phenoxy) is 1. The van der Waals surface area contributed by atoms with Gasteiger partial charge in [-0.2, -0.15) is 0 Å². The minimum absolute atomic E-state index is 0.0333. The van der Waals surface area contributed by atoms with Crippen molar-refractivity contribution in [3.8, 4) is 40.2 Å². The minimum atomic E-state index is -1.10. The van der Waals surface area contributed by atoms with Crippen LogP contribution in [0.1, 0.15) is 312 Å². The molecule has 0 radical (unpaired) electrons. The number of hydrogen-bond donors (Lipinski definition) is 9. The number of carbonyl (C=O) groups excluding carboxylic acids is 2. The first-order chi connectivity index (χ1) is 45.2. The molecule has 7 aromatic carbocycles. The lowest BCUT2D eigenvalue weighted by atomic mass is 9.85. The molecule has 13 heteroatoms. The van der Waals surface area contributed by atoms with Crippen molar-refractivity contribution in [2.45, 2.75) is 230 Å². The Labute approximate surface area is 575 Å². The van der Waals surface area contributed by atoms with Crippen LogP contribution < -0.4 is 0 Å². The van der Waals surface area contributed by atoms with Crippen LogP contribution in [-0.2, 0) is 10.3 Å². The number of aliphatic hydroxyl groups is 1. The third-order valence-corrected chi connectivity index (χ3v) is 16.8. The first-order valence-electron chi connectivity index (χ1n) is 34.1. The van der Waals surface area contributed by atoms with Crippen LogP contribution >= 0.6 is 0 Å². The fourth-order valence-electron chi connectivity index (χ4n) is 10.7. The van der Waals surface area contributed by atoms with E-state index in [1.54, 1.807) is 49.4 Å². The number of hydrogen-bond acceptors (Lipinski definition) is 12. The lowest BCUT2D eigenvalue weighted by Crippen LogP contribution is -2.23. The van der Waals surface area contributed by atoms with Crippen LogP contribution in [0.4, 0.5) is 0 Å². The number of aromatic hydroxyl groups is 7. The molecule has 7 rings (SSSR count). The van der Waals surface area contributed by atoms with E-state index in [2.05, 4.69) is 80.5 Å². The molecular weight excluding hydrogens is 1200 g/mol. The summed E-state index contributed by atoms with van der Waals surface area (Å²) < 4.78 is 4.84. The maximum Gasteiger partial charge on any atom is 0.341 e. The molecule has 0 saturated carbocycles. The molecule has 13 nitrogen and oxygen atoms in total. The number of rotatable bonds is 19. The summed E-state index contributed by atoms with van der Waals surface area (Å²) in [4.78, 5) is 32.5. The van der Waals surface area contributed by atoms with E-state index in [1.165, 1.54) is 11.6 Å². The van der Waals surface area contributed by atoms with Crippen molar-refractivity contribution in [1.29, 1.82) is 0 Å². The smallest absolute Gasteiger partial charge is 0.341 e. The number of esters is 1. The van der Waals surface area contributed by atoms with Crippen LogP contribution in [0.5, 0.6) is 40.2 Å². The largest absolute Gasteiger partial charge is 0.508 e. The molecule has 0 aliphatic heterocycles. The third kappa shape index (κ3) is 25.2.